The lowest BCUT2D eigenvalue weighted by Gasteiger charge is -2.07. The third kappa shape index (κ3) is 2.42. The van der Waals surface area contributed by atoms with Gasteiger partial charge in [0.05, 0.1) is 23.6 Å². The van der Waals surface area contributed by atoms with Crippen LogP contribution in [0.25, 0.3) is 44.3 Å². The topological polar surface area (TPSA) is 69.6 Å². The Bertz CT molecular complexity index is 1320. The largest absolute Gasteiger partial charge is 0.399 e. The van der Waals surface area contributed by atoms with Crippen LogP contribution in [0.15, 0.2) is 67.3 Å². The fourth-order valence-corrected chi connectivity index (χ4v) is 3.62. The molecule has 28 heavy (non-hydrogen) atoms. The summed E-state index contributed by atoms with van der Waals surface area (Å²) >= 11 is 0. The van der Waals surface area contributed by atoms with Crippen LogP contribution in [0.3, 0.4) is 0 Å². The third-order valence-corrected chi connectivity index (χ3v) is 5.00. The van der Waals surface area contributed by atoms with Gasteiger partial charge in [-0.05, 0) is 35.9 Å². The zero-order valence-electron chi connectivity index (χ0n) is 15.1. The average Bonchev–Trinajstić information content (AvgIpc) is 3.01. The number of aromatic nitrogens is 4. The summed E-state index contributed by atoms with van der Waals surface area (Å²) in [7, 11) is 1.91. The molecule has 0 fully saturated rings. The van der Waals surface area contributed by atoms with Crippen molar-refractivity contribution in [3.63, 3.8) is 0 Å². The number of benzene rings is 1. The molecule has 0 aliphatic carbocycles. The van der Waals surface area contributed by atoms with E-state index in [1.807, 2.05) is 41.9 Å². The lowest BCUT2D eigenvalue weighted by molar-refractivity contribution is 0.627. The highest BCUT2D eigenvalue weighted by molar-refractivity contribution is 6.14. The maximum Gasteiger partial charge on any atom is 0.150 e. The van der Waals surface area contributed by atoms with Gasteiger partial charge in [0.25, 0.3) is 0 Å². The maximum atomic E-state index is 14.9. The molecule has 0 atom stereocenters. The molecule has 0 saturated heterocycles. The Labute approximate surface area is 160 Å². The average molecular weight is 369 g/mol. The minimum Gasteiger partial charge on any atom is -0.399 e. The van der Waals surface area contributed by atoms with E-state index < -0.39 is 0 Å². The minimum absolute atomic E-state index is 0.371. The van der Waals surface area contributed by atoms with E-state index in [0.717, 1.165) is 33.1 Å². The first-order chi connectivity index (χ1) is 13.6. The zero-order chi connectivity index (χ0) is 19.3. The summed E-state index contributed by atoms with van der Waals surface area (Å²) in [5.41, 5.74) is 11.0. The van der Waals surface area contributed by atoms with Crippen LogP contribution in [0.5, 0.6) is 0 Å². The number of nitrogens with zero attached hydrogens (tertiary/aromatic N) is 4. The van der Waals surface area contributed by atoms with E-state index in [2.05, 4.69) is 15.0 Å². The summed E-state index contributed by atoms with van der Waals surface area (Å²) in [4.78, 5) is 13.1. The van der Waals surface area contributed by atoms with Crippen LogP contribution in [0.2, 0.25) is 0 Å². The zero-order valence-corrected chi connectivity index (χ0v) is 15.1. The van der Waals surface area contributed by atoms with Crippen LogP contribution in [-0.4, -0.2) is 19.5 Å². The standard InChI is InChI=1S/C22H16FN5/c1-28-19-12-26-18(14-3-2-8-25-10-14)9-16(19)21-20(17(23)11-27-22(21)28)13-4-6-15(24)7-5-13/h2-12H,24H2,1H3. The van der Waals surface area contributed by atoms with Crippen LogP contribution in [-0.2, 0) is 7.05 Å². The number of hydrogen-bond donors (Lipinski definition) is 1. The molecule has 4 aromatic heterocycles. The van der Waals surface area contributed by atoms with Crippen molar-refractivity contribution in [3.8, 4) is 22.4 Å². The normalized spacial score (nSPS) is 11.4. The molecule has 136 valence electrons. The summed E-state index contributed by atoms with van der Waals surface area (Å²) in [6.07, 6.45) is 6.55. The van der Waals surface area contributed by atoms with Gasteiger partial charge in [-0.2, -0.15) is 0 Å². The predicted molar refractivity (Wildman–Crippen MR) is 109 cm³/mol. The lowest BCUT2D eigenvalue weighted by Crippen LogP contribution is -1.93. The molecule has 6 heteroatoms. The quantitative estimate of drug-likeness (QED) is 0.463. The fraction of sp³-hybridized carbons (Fsp3) is 0.0455. The van der Waals surface area contributed by atoms with Crippen LogP contribution >= 0.6 is 0 Å². The summed E-state index contributed by atoms with van der Waals surface area (Å²) in [5, 5.41) is 1.65. The van der Waals surface area contributed by atoms with Crippen LogP contribution in [0.4, 0.5) is 10.1 Å². The van der Waals surface area contributed by atoms with E-state index in [1.54, 1.807) is 30.7 Å². The minimum atomic E-state index is -0.371. The molecule has 0 radical (unpaired) electrons. The smallest absolute Gasteiger partial charge is 0.150 e. The van der Waals surface area contributed by atoms with Gasteiger partial charge in [0, 0.05) is 47.0 Å². The number of fused-ring (bicyclic) bond motifs is 3. The van der Waals surface area contributed by atoms with Gasteiger partial charge >= 0.3 is 0 Å². The molecule has 5 aromatic rings. The molecule has 0 spiro atoms. The van der Waals surface area contributed by atoms with E-state index in [9.17, 15) is 4.39 Å². The van der Waals surface area contributed by atoms with Gasteiger partial charge in [-0.25, -0.2) is 9.37 Å². The van der Waals surface area contributed by atoms with Crippen LogP contribution in [0, 0.1) is 5.82 Å². The first-order valence-corrected chi connectivity index (χ1v) is 8.82. The van der Waals surface area contributed by atoms with Gasteiger partial charge in [0.15, 0.2) is 0 Å². The van der Waals surface area contributed by atoms with E-state index in [4.69, 9.17) is 5.73 Å². The fourth-order valence-electron chi connectivity index (χ4n) is 3.62. The van der Waals surface area contributed by atoms with E-state index in [-0.39, 0.29) is 5.82 Å². The summed E-state index contributed by atoms with van der Waals surface area (Å²) in [6, 6.07) is 13.0. The molecule has 0 amide bonds. The van der Waals surface area contributed by atoms with Crippen molar-refractivity contribution >= 4 is 27.6 Å². The van der Waals surface area contributed by atoms with E-state index in [1.165, 1.54) is 6.20 Å². The molecule has 0 unspecified atom stereocenters. The number of aryl methyl sites for hydroxylation is 1. The first kappa shape index (κ1) is 16.4. The Kier molecular flexibility index (Phi) is 3.58. The highest BCUT2D eigenvalue weighted by Gasteiger charge is 2.19. The molecule has 2 N–H and O–H groups in total. The number of anilines is 1. The van der Waals surface area contributed by atoms with Crippen LogP contribution < -0.4 is 5.73 Å². The molecular weight excluding hydrogens is 353 g/mol. The predicted octanol–water partition coefficient (Wildman–Crippen LogP) is 4.57. The van der Waals surface area contributed by atoms with E-state index in [0.29, 0.717) is 16.9 Å². The van der Waals surface area contributed by atoms with Crippen molar-refractivity contribution in [1.29, 1.82) is 0 Å². The van der Waals surface area contributed by atoms with Gasteiger partial charge in [-0.1, -0.05) is 12.1 Å². The molecule has 0 bridgehead atoms. The monoisotopic (exact) mass is 369 g/mol. The first-order valence-electron chi connectivity index (χ1n) is 8.82. The molecule has 5 nitrogen and oxygen atoms in total. The summed E-state index contributed by atoms with van der Waals surface area (Å²) in [5.74, 6) is -0.371. The summed E-state index contributed by atoms with van der Waals surface area (Å²) < 4.78 is 16.9. The second-order valence-electron chi connectivity index (χ2n) is 6.69. The van der Waals surface area contributed by atoms with Crippen molar-refractivity contribution in [2.24, 2.45) is 7.05 Å². The van der Waals surface area contributed by atoms with Crippen molar-refractivity contribution < 1.29 is 4.39 Å². The number of halogens is 1. The number of pyridine rings is 3. The maximum absolute atomic E-state index is 14.9. The highest BCUT2D eigenvalue weighted by Crippen LogP contribution is 2.37. The highest BCUT2D eigenvalue weighted by atomic mass is 19.1. The Morgan fingerprint density at radius 3 is 2.54 bits per heavy atom. The van der Waals surface area contributed by atoms with Crippen molar-refractivity contribution in [3.05, 3.63) is 73.1 Å². The van der Waals surface area contributed by atoms with Gasteiger partial charge < -0.3 is 10.3 Å². The Balaban J connectivity index is 1.88. The Hall–Kier alpha value is -3.80. The van der Waals surface area contributed by atoms with E-state index >= 15 is 0 Å². The second-order valence-corrected chi connectivity index (χ2v) is 6.69. The van der Waals surface area contributed by atoms with Crippen molar-refractivity contribution in [2.45, 2.75) is 0 Å². The third-order valence-electron chi connectivity index (χ3n) is 5.00. The molecule has 0 aliphatic heterocycles. The van der Waals surface area contributed by atoms with Crippen molar-refractivity contribution in [2.75, 3.05) is 5.73 Å². The molecule has 0 aliphatic rings. The van der Waals surface area contributed by atoms with Gasteiger partial charge in [0.1, 0.15) is 11.5 Å². The molecule has 1 aromatic carbocycles. The lowest BCUT2D eigenvalue weighted by atomic mass is 10.0. The summed E-state index contributed by atoms with van der Waals surface area (Å²) in [6.45, 7) is 0. The second kappa shape index (κ2) is 6.13. The SMILES string of the molecule is Cn1c2cnc(-c3cccnc3)cc2c2c(-c3ccc(N)cc3)c(F)cnc21. The van der Waals surface area contributed by atoms with Crippen LogP contribution in [0.1, 0.15) is 0 Å². The van der Waals surface area contributed by atoms with Gasteiger partial charge in [-0.15, -0.1) is 0 Å². The number of nitrogen functional groups attached to an aromatic ring is 1. The molecular formula is C22H16FN5. The number of rotatable bonds is 2. The molecule has 0 saturated carbocycles. The molecule has 4 heterocycles. The Morgan fingerprint density at radius 1 is 0.964 bits per heavy atom. The Morgan fingerprint density at radius 2 is 1.79 bits per heavy atom. The van der Waals surface area contributed by atoms with Gasteiger partial charge in [0.2, 0.25) is 0 Å². The molecule has 5 rings (SSSR count). The van der Waals surface area contributed by atoms with Crippen molar-refractivity contribution in [1.82, 2.24) is 19.5 Å². The number of nitrogens with two attached hydrogens (primary N) is 1. The van der Waals surface area contributed by atoms with Gasteiger partial charge in [-0.3, -0.25) is 9.97 Å². The number of hydrogen-bond acceptors (Lipinski definition) is 4.